The van der Waals surface area contributed by atoms with E-state index < -0.39 is 0 Å². The molecular weight excluding hydrogens is 132 g/mol. The van der Waals surface area contributed by atoms with Crippen LogP contribution in [0.4, 0.5) is 0 Å². The Labute approximate surface area is 70.7 Å². The Morgan fingerprint density at radius 1 is 1.55 bits per heavy atom. The highest BCUT2D eigenvalue weighted by molar-refractivity contribution is 5.11. The first-order valence-electron chi connectivity index (χ1n) is 4.82. The topological polar surface area (TPSA) is 0 Å². The molecule has 1 rings (SSSR count). The van der Waals surface area contributed by atoms with Gasteiger partial charge in [0.15, 0.2) is 0 Å². The van der Waals surface area contributed by atoms with Crippen molar-refractivity contribution in [1.82, 2.24) is 0 Å². The Bertz CT molecular complexity index is 133. The van der Waals surface area contributed by atoms with Gasteiger partial charge in [0.25, 0.3) is 0 Å². The first-order chi connectivity index (χ1) is 5.33. The SMILES string of the molecule is CCCCC1C[CH]C=C(C)C1. The van der Waals surface area contributed by atoms with Crippen LogP contribution in [0.1, 0.15) is 46.0 Å². The van der Waals surface area contributed by atoms with E-state index >= 15 is 0 Å². The van der Waals surface area contributed by atoms with Crippen molar-refractivity contribution in [2.24, 2.45) is 5.92 Å². The number of hydrogen-bond donors (Lipinski definition) is 0. The van der Waals surface area contributed by atoms with E-state index in [0.717, 1.165) is 5.92 Å². The summed E-state index contributed by atoms with van der Waals surface area (Å²) < 4.78 is 0. The fourth-order valence-electron chi connectivity index (χ4n) is 1.78. The Kier molecular flexibility index (Phi) is 3.68. The third-order valence-electron chi connectivity index (χ3n) is 2.45. The molecule has 11 heavy (non-hydrogen) atoms. The van der Waals surface area contributed by atoms with Crippen LogP contribution >= 0.6 is 0 Å². The van der Waals surface area contributed by atoms with Crippen LogP contribution in [0.15, 0.2) is 11.6 Å². The molecule has 1 aliphatic rings. The molecule has 0 bridgehead atoms. The monoisotopic (exact) mass is 151 g/mol. The van der Waals surface area contributed by atoms with Crippen molar-refractivity contribution in [3.8, 4) is 0 Å². The minimum absolute atomic E-state index is 0.958. The van der Waals surface area contributed by atoms with E-state index in [-0.39, 0.29) is 0 Å². The second-order valence-corrected chi connectivity index (χ2v) is 3.70. The maximum absolute atomic E-state index is 2.33. The Morgan fingerprint density at radius 2 is 2.36 bits per heavy atom. The van der Waals surface area contributed by atoms with Crippen molar-refractivity contribution >= 4 is 0 Å². The van der Waals surface area contributed by atoms with Crippen LogP contribution in [-0.2, 0) is 0 Å². The zero-order valence-electron chi connectivity index (χ0n) is 7.77. The van der Waals surface area contributed by atoms with Gasteiger partial charge >= 0.3 is 0 Å². The van der Waals surface area contributed by atoms with E-state index in [0.29, 0.717) is 0 Å². The zero-order valence-corrected chi connectivity index (χ0v) is 7.77. The number of rotatable bonds is 3. The molecule has 0 saturated heterocycles. The molecule has 1 aliphatic carbocycles. The molecule has 0 aromatic heterocycles. The highest BCUT2D eigenvalue weighted by Crippen LogP contribution is 2.26. The second kappa shape index (κ2) is 4.58. The standard InChI is InChI=1S/C11H19/c1-3-4-7-11-8-5-6-10(2)9-11/h5-6,11H,3-4,7-9H2,1-2H3. The second-order valence-electron chi connectivity index (χ2n) is 3.70. The lowest BCUT2D eigenvalue weighted by Gasteiger charge is -2.20. The summed E-state index contributed by atoms with van der Waals surface area (Å²) in [4.78, 5) is 0. The molecule has 1 radical (unpaired) electrons. The third kappa shape index (κ3) is 3.09. The van der Waals surface area contributed by atoms with Crippen LogP contribution in [0, 0.1) is 12.3 Å². The molecule has 0 heteroatoms. The Balaban J connectivity index is 2.21. The van der Waals surface area contributed by atoms with E-state index in [1.165, 1.54) is 32.1 Å². The van der Waals surface area contributed by atoms with E-state index in [2.05, 4.69) is 26.3 Å². The average molecular weight is 151 g/mol. The molecule has 0 fully saturated rings. The summed E-state index contributed by atoms with van der Waals surface area (Å²) in [5.74, 6) is 0.958. The van der Waals surface area contributed by atoms with Gasteiger partial charge in [-0.15, -0.1) is 0 Å². The summed E-state index contributed by atoms with van der Waals surface area (Å²) in [7, 11) is 0. The van der Waals surface area contributed by atoms with Crippen molar-refractivity contribution in [2.45, 2.75) is 46.0 Å². The molecule has 63 valence electrons. The Morgan fingerprint density at radius 3 is 3.00 bits per heavy atom. The van der Waals surface area contributed by atoms with Gasteiger partial charge < -0.3 is 0 Å². The summed E-state index contributed by atoms with van der Waals surface area (Å²) >= 11 is 0. The predicted molar refractivity (Wildman–Crippen MR) is 50.3 cm³/mol. The fourth-order valence-corrected chi connectivity index (χ4v) is 1.78. The van der Waals surface area contributed by atoms with Crippen molar-refractivity contribution in [3.63, 3.8) is 0 Å². The normalized spacial score (nSPS) is 24.9. The molecule has 0 aromatic rings. The third-order valence-corrected chi connectivity index (χ3v) is 2.45. The number of hydrogen-bond acceptors (Lipinski definition) is 0. The minimum Gasteiger partial charge on any atom is -0.0819 e. The van der Waals surface area contributed by atoms with E-state index in [1.807, 2.05) is 0 Å². The molecular formula is C11H19. The molecule has 0 saturated carbocycles. The lowest BCUT2D eigenvalue weighted by molar-refractivity contribution is 0.448. The van der Waals surface area contributed by atoms with Crippen molar-refractivity contribution in [3.05, 3.63) is 18.1 Å². The molecule has 0 amide bonds. The number of allylic oxidation sites excluding steroid dienone is 2. The molecule has 0 heterocycles. The van der Waals surface area contributed by atoms with Gasteiger partial charge in [-0.25, -0.2) is 0 Å². The summed E-state index contributed by atoms with van der Waals surface area (Å²) in [5, 5.41) is 0. The summed E-state index contributed by atoms with van der Waals surface area (Å²) in [6, 6.07) is 0. The highest BCUT2D eigenvalue weighted by Gasteiger charge is 2.11. The van der Waals surface area contributed by atoms with Gasteiger partial charge in [0, 0.05) is 0 Å². The van der Waals surface area contributed by atoms with Gasteiger partial charge in [0.1, 0.15) is 0 Å². The van der Waals surface area contributed by atoms with Gasteiger partial charge in [0.05, 0.1) is 0 Å². The van der Waals surface area contributed by atoms with Crippen LogP contribution in [0.3, 0.4) is 0 Å². The van der Waals surface area contributed by atoms with Gasteiger partial charge in [-0.3, -0.25) is 0 Å². The highest BCUT2D eigenvalue weighted by atomic mass is 14.2. The van der Waals surface area contributed by atoms with Crippen LogP contribution in [0.2, 0.25) is 0 Å². The average Bonchev–Trinajstić information content (AvgIpc) is 2.01. The lowest BCUT2D eigenvalue weighted by atomic mass is 9.86. The lowest BCUT2D eigenvalue weighted by Crippen LogP contribution is -2.05. The molecule has 1 atom stereocenters. The van der Waals surface area contributed by atoms with Crippen LogP contribution in [0.25, 0.3) is 0 Å². The zero-order chi connectivity index (χ0) is 8.10. The predicted octanol–water partition coefficient (Wildman–Crippen LogP) is 3.74. The van der Waals surface area contributed by atoms with Crippen molar-refractivity contribution in [2.75, 3.05) is 0 Å². The van der Waals surface area contributed by atoms with Gasteiger partial charge in [-0.05, 0) is 32.1 Å². The largest absolute Gasteiger partial charge is 0.0819 e. The molecule has 0 spiro atoms. The fraction of sp³-hybridized carbons (Fsp3) is 0.727. The number of unbranched alkanes of at least 4 members (excludes halogenated alkanes) is 1. The van der Waals surface area contributed by atoms with Crippen LogP contribution < -0.4 is 0 Å². The molecule has 0 aromatic carbocycles. The first-order valence-corrected chi connectivity index (χ1v) is 4.82. The Hall–Kier alpha value is -0.260. The van der Waals surface area contributed by atoms with Gasteiger partial charge in [0.2, 0.25) is 0 Å². The summed E-state index contributed by atoms with van der Waals surface area (Å²) in [6.07, 6.45) is 11.5. The molecule has 0 nitrogen and oxygen atoms in total. The van der Waals surface area contributed by atoms with E-state index in [1.54, 1.807) is 5.57 Å². The smallest absolute Gasteiger partial charge is 0.0165 e. The molecule has 1 unspecified atom stereocenters. The van der Waals surface area contributed by atoms with Gasteiger partial charge in [-0.1, -0.05) is 37.8 Å². The first kappa shape index (κ1) is 8.83. The van der Waals surface area contributed by atoms with E-state index in [9.17, 15) is 0 Å². The van der Waals surface area contributed by atoms with E-state index in [4.69, 9.17) is 0 Å². The maximum atomic E-state index is 2.33. The van der Waals surface area contributed by atoms with Gasteiger partial charge in [-0.2, -0.15) is 0 Å². The molecule has 0 N–H and O–H groups in total. The molecule has 0 aliphatic heterocycles. The van der Waals surface area contributed by atoms with Crippen molar-refractivity contribution < 1.29 is 0 Å². The summed E-state index contributed by atoms with van der Waals surface area (Å²) in [6.45, 7) is 4.52. The van der Waals surface area contributed by atoms with Crippen LogP contribution in [-0.4, -0.2) is 0 Å². The maximum Gasteiger partial charge on any atom is -0.0165 e. The quantitative estimate of drug-likeness (QED) is 0.576. The minimum atomic E-state index is 0.958. The van der Waals surface area contributed by atoms with Crippen molar-refractivity contribution in [1.29, 1.82) is 0 Å². The summed E-state index contributed by atoms with van der Waals surface area (Å²) in [5.41, 5.74) is 1.57. The van der Waals surface area contributed by atoms with Crippen LogP contribution in [0.5, 0.6) is 0 Å².